The van der Waals surface area contributed by atoms with E-state index < -0.39 is 0 Å². The Morgan fingerprint density at radius 1 is 1.19 bits per heavy atom. The zero-order valence-corrected chi connectivity index (χ0v) is 14.7. The summed E-state index contributed by atoms with van der Waals surface area (Å²) in [5, 5.41) is 7.03. The quantitative estimate of drug-likeness (QED) is 0.696. The maximum absolute atomic E-state index is 12.0. The fourth-order valence-electron chi connectivity index (χ4n) is 2.45. The third kappa shape index (κ3) is 4.57. The molecule has 6 heteroatoms. The largest absolute Gasteiger partial charge is 0.497 e. The molecule has 0 spiro atoms. The topological polar surface area (TPSA) is 69.0 Å². The lowest BCUT2D eigenvalue weighted by Gasteiger charge is -2.04. The van der Waals surface area contributed by atoms with Crippen LogP contribution in [0.2, 0.25) is 0 Å². The Balaban J connectivity index is 1.58. The highest BCUT2D eigenvalue weighted by Crippen LogP contribution is 2.18. The Bertz CT molecular complexity index is 914. The Morgan fingerprint density at radius 3 is 2.69 bits per heavy atom. The number of rotatable bonds is 6. The van der Waals surface area contributed by atoms with Gasteiger partial charge in [-0.2, -0.15) is 5.10 Å². The van der Waals surface area contributed by atoms with E-state index in [2.05, 4.69) is 15.4 Å². The molecule has 2 aromatic heterocycles. The van der Waals surface area contributed by atoms with Gasteiger partial charge < -0.3 is 10.1 Å². The minimum atomic E-state index is -0.160. The van der Waals surface area contributed by atoms with Crippen LogP contribution in [0.15, 0.2) is 61.2 Å². The summed E-state index contributed by atoms with van der Waals surface area (Å²) in [6.45, 7) is 0.410. The van der Waals surface area contributed by atoms with Crippen LogP contribution >= 0.6 is 0 Å². The molecule has 0 unspecified atom stereocenters. The maximum Gasteiger partial charge on any atom is 0.244 e. The lowest BCUT2D eigenvalue weighted by molar-refractivity contribution is -0.116. The first kappa shape index (κ1) is 17.4. The number of carbonyl (C=O) groups excluding carboxylic acids is 1. The van der Waals surface area contributed by atoms with E-state index in [1.807, 2.05) is 43.6 Å². The van der Waals surface area contributed by atoms with Gasteiger partial charge in [0, 0.05) is 49.4 Å². The lowest BCUT2D eigenvalue weighted by atomic mass is 10.1. The van der Waals surface area contributed by atoms with Crippen molar-refractivity contribution >= 4 is 12.0 Å². The van der Waals surface area contributed by atoms with Crippen molar-refractivity contribution in [3.8, 4) is 16.9 Å². The molecule has 132 valence electrons. The Kier molecular flexibility index (Phi) is 5.43. The summed E-state index contributed by atoms with van der Waals surface area (Å²) in [5.41, 5.74) is 3.82. The second kappa shape index (κ2) is 8.11. The zero-order chi connectivity index (χ0) is 18.4. The summed E-state index contributed by atoms with van der Waals surface area (Å²) >= 11 is 0. The normalized spacial score (nSPS) is 10.8. The smallest absolute Gasteiger partial charge is 0.244 e. The highest BCUT2D eigenvalue weighted by atomic mass is 16.5. The third-order valence-corrected chi connectivity index (χ3v) is 3.84. The van der Waals surface area contributed by atoms with Gasteiger partial charge in [-0.15, -0.1) is 0 Å². The van der Waals surface area contributed by atoms with E-state index >= 15 is 0 Å². The van der Waals surface area contributed by atoms with Gasteiger partial charge >= 0.3 is 0 Å². The fraction of sp³-hybridized carbons (Fsp3) is 0.150. The molecule has 3 aromatic rings. The highest BCUT2D eigenvalue weighted by molar-refractivity contribution is 5.91. The van der Waals surface area contributed by atoms with Crippen molar-refractivity contribution in [1.82, 2.24) is 20.1 Å². The summed E-state index contributed by atoms with van der Waals surface area (Å²) < 4.78 is 6.85. The number of benzene rings is 1. The lowest BCUT2D eigenvalue weighted by Crippen LogP contribution is -2.20. The minimum Gasteiger partial charge on any atom is -0.497 e. The number of hydrogen-bond acceptors (Lipinski definition) is 4. The first-order valence-electron chi connectivity index (χ1n) is 8.17. The monoisotopic (exact) mass is 348 g/mol. The molecule has 1 amide bonds. The van der Waals surface area contributed by atoms with Crippen LogP contribution < -0.4 is 10.1 Å². The molecule has 26 heavy (non-hydrogen) atoms. The van der Waals surface area contributed by atoms with Crippen molar-refractivity contribution in [1.29, 1.82) is 0 Å². The van der Waals surface area contributed by atoms with Crippen molar-refractivity contribution in [2.24, 2.45) is 7.05 Å². The van der Waals surface area contributed by atoms with Crippen LogP contribution in [-0.2, 0) is 18.4 Å². The molecule has 2 heterocycles. The molecule has 0 saturated carbocycles. The summed E-state index contributed by atoms with van der Waals surface area (Å²) in [6, 6.07) is 9.49. The Hall–Kier alpha value is -3.41. The number of nitrogens with one attached hydrogen (secondary N) is 1. The van der Waals surface area contributed by atoms with E-state index in [4.69, 9.17) is 4.74 Å². The number of aromatic nitrogens is 3. The number of amides is 1. The van der Waals surface area contributed by atoms with E-state index in [-0.39, 0.29) is 5.91 Å². The van der Waals surface area contributed by atoms with Gasteiger partial charge in [0.25, 0.3) is 0 Å². The molecule has 0 aliphatic rings. The number of nitrogens with zero attached hydrogens (tertiary/aromatic N) is 3. The molecule has 6 nitrogen and oxygen atoms in total. The van der Waals surface area contributed by atoms with E-state index in [1.54, 1.807) is 36.5 Å². The summed E-state index contributed by atoms with van der Waals surface area (Å²) in [6.07, 6.45) is 10.5. The molecule has 1 N–H and O–H groups in total. The van der Waals surface area contributed by atoms with Crippen LogP contribution in [0.25, 0.3) is 17.2 Å². The molecular weight excluding hydrogens is 328 g/mol. The number of pyridine rings is 1. The molecule has 1 aromatic carbocycles. The third-order valence-electron chi connectivity index (χ3n) is 3.84. The summed E-state index contributed by atoms with van der Waals surface area (Å²) in [7, 11) is 3.49. The number of hydrogen-bond donors (Lipinski definition) is 1. The van der Waals surface area contributed by atoms with Gasteiger partial charge in [-0.05, 0) is 35.4 Å². The van der Waals surface area contributed by atoms with Crippen molar-refractivity contribution in [3.05, 3.63) is 72.3 Å². The zero-order valence-electron chi connectivity index (χ0n) is 14.7. The van der Waals surface area contributed by atoms with Crippen molar-refractivity contribution in [2.75, 3.05) is 7.11 Å². The van der Waals surface area contributed by atoms with Crippen LogP contribution in [0.1, 0.15) is 11.1 Å². The van der Waals surface area contributed by atoms with Gasteiger partial charge in [-0.1, -0.05) is 12.1 Å². The number of ether oxygens (including phenoxy) is 1. The molecule has 0 aliphatic heterocycles. The fourth-order valence-corrected chi connectivity index (χ4v) is 2.45. The first-order chi connectivity index (χ1) is 12.6. The van der Waals surface area contributed by atoms with Crippen molar-refractivity contribution < 1.29 is 9.53 Å². The van der Waals surface area contributed by atoms with Gasteiger partial charge in [0.2, 0.25) is 5.91 Å². The van der Waals surface area contributed by atoms with Gasteiger partial charge in [-0.3, -0.25) is 14.5 Å². The van der Waals surface area contributed by atoms with Crippen LogP contribution in [0.4, 0.5) is 0 Å². The summed E-state index contributed by atoms with van der Waals surface area (Å²) in [5.74, 6) is 0.625. The molecule has 0 aliphatic carbocycles. The van der Waals surface area contributed by atoms with Crippen molar-refractivity contribution in [2.45, 2.75) is 6.54 Å². The Labute approximate surface area is 152 Å². The van der Waals surface area contributed by atoms with E-state index in [0.29, 0.717) is 6.54 Å². The molecule has 0 saturated heterocycles. The number of methoxy groups -OCH3 is 1. The first-order valence-corrected chi connectivity index (χ1v) is 8.17. The van der Waals surface area contributed by atoms with Gasteiger partial charge in [0.15, 0.2) is 0 Å². The van der Waals surface area contributed by atoms with Crippen molar-refractivity contribution in [3.63, 3.8) is 0 Å². The second-order valence-corrected chi connectivity index (χ2v) is 5.81. The Morgan fingerprint density at radius 2 is 2.00 bits per heavy atom. The predicted octanol–water partition coefficient (Wildman–Crippen LogP) is 2.82. The average molecular weight is 348 g/mol. The van der Waals surface area contributed by atoms with E-state index in [1.165, 1.54) is 6.08 Å². The van der Waals surface area contributed by atoms with Crippen LogP contribution in [0, 0.1) is 0 Å². The van der Waals surface area contributed by atoms with Gasteiger partial charge in [0.05, 0.1) is 13.3 Å². The second-order valence-electron chi connectivity index (χ2n) is 5.81. The molecular formula is C20H20N4O2. The number of aryl methyl sites for hydroxylation is 1. The standard InChI is InChI=1S/C20H20N4O2/c1-24-14-18(13-23-24)17-9-16(10-21-12-17)11-22-20(25)8-5-15-3-6-19(26-2)7-4-15/h3-10,12-14H,11H2,1-2H3,(H,22,25)/b8-5+. The minimum absolute atomic E-state index is 0.160. The van der Waals surface area contributed by atoms with Crippen LogP contribution in [-0.4, -0.2) is 27.8 Å². The molecule has 0 radical (unpaired) electrons. The van der Waals surface area contributed by atoms with Gasteiger partial charge in [0.1, 0.15) is 5.75 Å². The van der Waals surface area contributed by atoms with E-state index in [0.717, 1.165) is 28.0 Å². The molecule has 3 rings (SSSR count). The van der Waals surface area contributed by atoms with E-state index in [9.17, 15) is 4.79 Å². The van der Waals surface area contributed by atoms with Crippen LogP contribution in [0.3, 0.4) is 0 Å². The number of carbonyl (C=O) groups is 1. The molecule has 0 fully saturated rings. The average Bonchev–Trinajstić information content (AvgIpc) is 3.12. The van der Waals surface area contributed by atoms with Crippen LogP contribution in [0.5, 0.6) is 5.75 Å². The SMILES string of the molecule is COc1ccc(/C=C/C(=O)NCc2cncc(-c3cnn(C)c3)c2)cc1. The maximum atomic E-state index is 12.0. The molecule has 0 bridgehead atoms. The summed E-state index contributed by atoms with van der Waals surface area (Å²) in [4.78, 5) is 16.3. The van der Waals surface area contributed by atoms with Gasteiger partial charge in [-0.25, -0.2) is 0 Å². The highest BCUT2D eigenvalue weighted by Gasteiger charge is 2.03. The predicted molar refractivity (Wildman–Crippen MR) is 100 cm³/mol. The molecule has 0 atom stereocenters.